The van der Waals surface area contributed by atoms with E-state index in [1.807, 2.05) is 0 Å². The van der Waals surface area contributed by atoms with Gasteiger partial charge in [-0.1, -0.05) is 11.6 Å². The average molecular weight is 221 g/mol. The van der Waals surface area contributed by atoms with Crippen molar-refractivity contribution in [3.8, 4) is 0 Å². The summed E-state index contributed by atoms with van der Waals surface area (Å²) in [6.45, 7) is 0.378. The van der Waals surface area contributed by atoms with Crippen LogP contribution in [0, 0.1) is 17.8 Å². The summed E-state index contributed by atoms with van der Waals surface area (Å²) in [5, 5.41) is 16.3. The first-order chi connectivity index (χ1) is 7.83. The predicted molar refractivity (Wildman–Crippen MR) is 55.0 cm³/mol. The maximum Gasteiger partial charge on any atom is 0.223 e. The molecular formula is C10H15N5O. The van der Waals surface area contributed by atoms with Gasteiger partial charge in [-0.3, -0.25) is 4.79 Å². The lowest BCUT2D eigenvalue weighted by Crippen LogP contribution is -2.33. The number of tetrazole rings is 1. The van der Waals surface area contributed by atoms with Crippen molar-refractivity contribution in [3.63, 3.8) is 0 Å². The first-order valence-electron chi connectivity index (χ1n) is 5.83. The number of hydrogen-bond donors (Lipinski definition) is 2. The summed E-state index contributed by atoms with van der Waals surface area (Å²) >= 11 is 0. The Balaban J connectivity index is 1.54. The van der Waals surface area contributed by atoms with Gasteiger partial charge in [-0.05, 0) is 31.1 Å². The molecule has 0 aliphatic heterocycles. The highest BCUT2D eigenvalue weighted by Gasteiger charge is 2.42. The molecule has 0 radical (unpaired) electrons. The van der Waals surface area contributed by atoms with Crippen molar-refractivity contribution < 1.29 is 4.79 Å². The molecule has 0 saturated heterocycles. The maximum atomic E-state index is 11.9. The van der Waals surface area contributed by atoms with Crippen molar-refractivity contribution in [2.24, 2.45) is 17.8 Å². The van der Waals surface area contributed by atoms with E-state index in [0.717, 1.165) is 12.3 Å². The minimum Gasteiger partial charge on any atom is -0.348 e. The number of nitrogens with zero attached hydrogens (tertiary/aromatic N) is 3. The van der Waals surface area contributed by atoms with Crippen molar-refractivity contribution in [2.45, 2.75) is 32.2 Å². The Morgan fingerprint density at radius 3 is 3.00 bits per heavy atom. The molecule has 86 valence electrons. The standard InChI is InChI=1S/C10H15N5O/c16-10(11-5-9-12-14-15-13-9)8-4-6-1-2-7(8)3-6/h6-8H,1-5H2,(H,11,16)(H,12,13,14,15). The third kappa shape index (κ3) is 1.68. The number of fused-ring (bicyclic) bond motifs is 2. The number of amides is 1. The Hall–Kier alpha value is -1.46. The summed E-state index contributed by atoms with van der Waals surface area (Å²) < 4.78 is 0. The number of rotatable bonds is 3. The molecule has 2 aliphatic carbocycles. The van der Waals surface area contributed by atoms with Crippen molar-refractivity contribution in [1.29, 1.82) is 0 Å². The Bertz CT molecular complexity index is 377. The Morgan fingerprint density at radius 2 is 2.38 bits per heavy atom. The van der Waals surface area contributed by atoms with Crippen LogP contribution in [0.2, 0.25) is 0 Å². The van der Waals surface area contributed by atoms with E-state index < -0.39 is 0 Å². The van der Waals surface area contributed by atoms with Crippen LogP contribution in [0.5, 0.6) is 0 Å². The number of H-pyrrole nitrogens is 1. The van der Waals surface area contributed by atoms with Gasteiger partial charge < -0.3 is 5.32 Å². The number of aromatic amines is 1. The molecule has 1 amide bonds. The van der Waals surface area contributed by atoms with Crippen molar-refractivity contribution in [3.05, 3.63) is 5.82 Å². The molecule has 2 saturated carbocycles. The van der Waals surface area contributed by atoms with Crippen LogP contribution in [-0.2, 0) is 11.3 Å². The van der Waals surface area contributed by atoms with Gasteiger partial charge in [-0.2, -0.15) is 5.21 Å². The van der Waals surface area contributed by atoms with E-state index in [9.17, 15) is 4.79 Å². The van der Waals surface area contributed by atoms with Gasteiger partial charge in [0.2, 0.25) is 5.91 Å². The fourth-order valence-corrected chi connectivity index (χ4v) is 3.12. The fraction of sp³-hybridized carbons (Fsp3) is 0.800. The largest absolute Gasteiger partial charge is 0.348 e. The molecule has 1 aromatic heterocycles. The van der Waals surface area contributed by atoms with Crippen molar-refractivity contribution >= 4 is 5.91 Å². The number of aromatic nitrogens is 4. The second-order valence-electron chi connectivity index (χ2n) is 4.83. The zero-order chi connectivity index (χ0) is 11.0. The van der Waals surface area contributed by atoms with E-state index in [0.29, 0.717) is 18.3 Å². The topological polar surface area (TPSA) is 83.6 Å². The lowest BCUT2D eigenvalue weighted by Gasteiger charge is -2.20. The van der Waals surface area contributed by atoms with E-state index in [1.54, 1.807) is 0 Å². The van der Waals surface area contributed by atoms with Gasteiger partial charge in [0, 0.05) is 5.92 Å². The van der Waals surface area contributed by atoms with Gasteiger partial charge in [-0.25, -0.2) is 0 Å². The van der Waals surface area contributed by atoms with E-state index in [2.05, 4.69) is 25.9 Å². The van der Waals surface area contributed by atoms with Gasteiger partial charge in [-0.15, -0.1) is 10.2 Å². The molecule has 3 unspecified atom stereocenters. The SMILES string of the molecule is O=C(NCc1nn[nH]n1)C1CC2CCC1C2. The van der Waals surface area contributed by atoms with E-state index >= 15 is 0 Å². The van der Waals surface area contributed by atoms with Crippen molar-refractivity contribution in [2.75, 3.05) is 0 Å². The molecule has 2 fully saturated rings. The van der Waals surface area contributed by atoms with Crippen LogP contribution in [0.3, 0.4) is 0 Å². The van der Waals surface area contributed by atoms with E-state index in [1.165, 1.54) is 19.3 Å². The van der Waals surface area contributed by atoms with Crippen LogP contribution in [0.25, 0.3) is 0 Å². The third-order valence-corrected chi connectivity index (χ3v) is 3.88. The summed E-state index contributed by atoms with van der Waals surface area (Å²) in [6, 6.07) is 0. The van der Waals surface area contributed by atoms with Crippen LogP contribution in [0.4, 0.5) is 0 Å². The highest BCUT2D eigenvalue weighted by molar-refractivity contribution is 5.79. The lowest BCUT2D eigenvalue weighted by molar-refractivity contribution is -0.126. The molecule has 1 heterocycles. The first kappa shape index (κ1) is 9.74. The lowest BCUT2D eigenvalue weighted by atomic mass is 9.88. The Morgan fingerprint density at radius 1 is 1.44 bits per heavy atom. The van der Waals surface area contributed by atoms with Crippen LogP contribution in [0.1, 0.15) is 31.5 Å². The van der Waals surface area contributed by atoms with Crippen molar-refractivity contribution in [1.82, 2.24) is 25.9 Å². The summed E-state index contributed by atoms with van der Waals surface area (Å²) in [5.74, 6) is 2.35. The molecule has 0 spiro atoms. The minimum atomic E-state index is 0.164. The summed E-state index contributed by atoms with van der Waals surface area (Å²) in [4.78, 5) is 11.9. The third-order valence-electron chi connectivity index (χ3n) is 3.88. The average Bonchev–Trinajstić information content (AvgIpc) is 3.01. The van der Waals surface area contributed by atoms with Crippen LogP contribution in [-0.4, -0.2) is 26.5 Å². The highest BCUT2D eigenvalue weighted by atomic mass is 16.1. The van der Waals surface area contributed by atoms with E-state index in [-0.39, 0.29) is 11.8 Å². The normalized spacial score (nSPS) is 31.9. The predicted octanol–water partition coefficient (Wildman–Crippen LogP) is 0.252. The van der Waals surface area contributed by atoms with Crippen LogP contribution < -0.4 is 5.32 Å². The Labute approximate surface area is 93.2 Å². The van der Waals surface area contributed by atoms with Crippen LogP contribution in [0.15, 0.2) is 0 Å². The maximum absolute atomic E-state index is 11.9. The zero-order valence-corrected chi connectivity index (χ0v) is 9.02. The first-order valence-corrected chi connectivity index (χ1v) is 5.83. The molecule has 3 atom stereocenters. The highest BCUT2D eigenvalue weighted by Crippen LogP contribution is 2.48. The van der Waals surface area contributed by atoms with Crippen LogP contribution >= 0.6 is 0 Å². The molecular weight excluding hydrogens is 206 g/mol. The molecule has 0 aromatic carbocycles. The van der Waals surface area contributed by atoms with Gasteiger partial charge in [0.25, 0.3) is 0 Å². The molecule has 2 N–H and O–H groups in total. The molecule has 16 heavy (non-hydrogen) atoms. The number of carbonyl (C=O) groups excluding carboxylic acids is 1. The van der Waals surface area contributed by atoms with Gasteiger partial charge in [0.15, 0.2) is 5.82 Å². The number of carbonyl (C=O) groups is 1. The van der Waals surface area contributed by atoms with Gasteiger partial charge in [0.05, 0.1) is 6.54 Å². The summed E-state index contributed by atoms with van der Waals surface area (Å²) in [5.41, 5.74) is 0. The molecule has 6 nitrogen and oxygen atoms in total. The molecule has 3 rings (SSSR count). The molecule has 2 aliphatic rings. The van der Waals surface area contributed by atoms with Gasteiger partial charge >= 0.3 is 0 Å². The molecule has 2 bridgehead atoms. The second-order valence-corrected chi connectivity index (χ2v) is 4.83. The molecule has 6 heteroatoms. The molecule has 1 aromatic rings. The monoisotopic (exact) mass is 221 g/mol. The smallest absolute Gasteiger partial charge is 0.223 e. The minimum absolute atomic E-state index is 0.164. The number of hydrogen-bond acceptors (Lipinski definition) is 4. The second kappa shape index (κ2) is 3.84. The Kier molecular flexibility index (Phi) is 2.34. The van der Waals surface area contributed by atoms with E-state index in [4.69, 9.17) is 0 Å². The summed E-state index contributed by atoms with van der Waals surface area (Å²) in [7, 11) is 0. The summed E-state index contributed by atoms with van der Waals surface area (Å²) in [6.07, 6.45) is 4.87. The zero-order valence-electron chi connectivity index (χ0n) is 9.02. The quantitative estimate of drug-likeness (QED) is 0.766. The van der Waals surface area contributed by atoms with Gasteiger partial charge in [0.1, 0.15) is 0 Å². The number of nitrogens with one attached hydrogen (secondary N) is 2. The fourth-order valence-electron chi connectivity index (χ4n) is 3.12.